The van der Waals surface area contributed by atoms with Crippen molar-refractivity contribution in [1.29, 1.82) is 0 Å². The van der Waals surface area contributed by atoms with Crippen LogP contribution in [-0.4, -0.2) is 28.8 Å². The van der Waals surface area contributed by atoms with Crippen molar-refractivity contribution in [3.63, 3.8) is 0 Å². The number of hydrogen-bond acceptors (Lipinski definition) is 7. The molecule has 0 heterocycles. The molecule has 2 unspecified atom stereocenters. The smallest absolute Gasteiger partial charge is 0.368 e. The Kier molecular flexibility index (Phi) is 5.71. The van der Waals surface area contributed by atoms with Crippen molar-refractivity contribution in [2.24, 2.45) is 0 Å². The van der Waals surface area contributed by atoms with E-state index in [9.17, 15) is 9.36 Å². The second kappa shape index (κ2) is 5.99. The van der Waals surface area contributed by atoms with Crippen LogP contribution in [0.1, 0.15) is 13.8 Å². The first-order valence-corrected chi connectivity index (χ1v) is 5.44. The Morgan fingerprint density at radius 2 is 1.73 bits per heavy atom. The lowest BCUT2D eigenvalue weighted by Gasteiger charge is -2.19. The summed E-state index contributed by atoms with van der Waals surface area (Å²) < 4.78 is 24.5. The molecule has 0 aliphatic heterocycles. The third kappa shape index (κ3) is 6.38. The summed E-state index contributed by atoms with van der Waals surface area (Å²) in [6.45, 7) is 5.35. The van der Waals surface area contributed by atoms with Gasteiger partial charge in [0.1, 0.15) is 0 Å². The standard InChI is InChI=1S/C7H13O7P/c1-4-7(10)14-15(11,12-5(2)8)13-6(3)9/h4-6,8-9H,1H2,2-3H3. The van der Waals surface area contributed by atoms with Gasteiger partial charge in [-0.1, -0.05) is 6.58 Å². The van der Waals surface area contributed by atoms with Gasteiger partial charge in [0, 0.05) is 6.08 Å². The Hall–Kier alpha value is -0.720. The predicted molar refractivity (Wildman–Crippen MR) is 49.4 cm³/mol. The molecule has 0 amide bonds. The number of carbonyl (C=O) groups is 1. The van der Waals surface area contributed by atoms with Gasteiger partial charge in [0.2, 0.25) is 0 Å². The fraction of sp³-hybridized carbons (Fsp3) is 0.571. The average Bonchev–Trinajstić information content (AvgIpc) is 1.99. The normalized spacial score (nSPS) is 18.7. The van der Waals surface area contributed by atoms with Gasteiger partial charge < -0.3 is 14.7 Å². The summed E-state index contributed by atoms with van der Waals surface area (Å²) in [4.78, 5) is 10.8. The van der Waals surface area contributed by atoms with Gasteiger partial charge in [-0.3, -0.25) is 0 Å². The second-order valence-corrected chi connectivity index (χ2v) is 3.97. The SMILES string of the molecule is C=CC(=O)OP(=O)(OC(C)O)OC(C)O. The molecule has 0 saturated carbocycles. The second-order valence-electron chi connectivity index (χ2n) is 2.47. The lowest BCUT2D eigenvalue weighted by molar-refractivity contribution is -0.135. The first-order valence-electron chi connectivity index (χ1n) is 3.98. The monoisotopic (exact) mass is 240 g/mol. The number of phosphoric acid groups is 1. The van der Waals surface area contributed by atoms with Crippen LogP contribution in [0.2, 0.25) is 0 Å². The number of carbonyl (C=O) groups excluding carboxylic acids is 1. The number of aliphatic hydroxyl groups excluding tert-OH is 2. The molecule has 2 atom stereocenters. The molecule has 7 nitrogen and oxygen atoms in total. The van der Waals surface area contributed by atoms with Crippen LogP contribution in [0.5, 0.6) is 0 Å². The summed E-state index contributed by atoms with van der Waals surface area (Å²) in [6.07, 6.45) is -2.22. The van der Waals surface area contributed by atoms with E-state index >= 15 is 0 Å². The lowest BCUT2D eigenvalue weighted by atomic mass is 10.7. The van der Waals surface area contributed by atoms with Crippen LogP contribution in [0.4, 0.5) is 0 Å². The predicted octanol–water partition coefficient (Wildman–Crippen LogP) is 0.533. The fourth-order valence-electron chi connectivity index (χ4n) is 0.589. The first kappa shape index (κ1) is 14.3. The molecule has 0 aromatic heterocycles. The largest absolute Gasteiger partial charge is 0.537 e. The van der Waals surface area contributed by atoms with Crippen molar-refractivity contribution in [2.45, 2.75) is 26.4 Å². The maximum absolute atomic E-state index is 11.5. The molecule has 8 heteroatoms. The number of aliphatic hydroxyl groups is 2. The third-order valence-corrected chi connectivity index (χ3v) is 2.46. The molecule has 0 aliphatic rings. The van der Waals surface area contributed by atoms with Crippen molar-refractivity contribution in [2.75, 3.05) is 0 Å². The molecule has 15 heavy (non-hydrogen) atoms. The number of hydrogen-bond donors (Lipinski definition) is 2. The van der Waals surface area contributed by atoms with E-state index < -0.39 is 26.4 Å². The fourth-order valence-corrected chi connectivity index (χ4v) is 1.77. The Bertz CT molecular complexity index is 259. The Balaban J connectivity index is 4.61. The zero-order valence-electron chi connectivity index (χ0n) is 8.32. The molecule has 0 saturated heterocycles. The summed E-state index contributed by atoms with van der Waals surface area (Å²) >= 11 is 0. The van der Waals surface area contributed by atoms with Gasteiger partial charge in [-0.15, -0.1) is 0 Å². The first-order chi connectivity index (χ1) is 6.79. The van der Waals surface area contributed by atoms with E-state index in [0.29, 0.717) is 0 Å². The zero-order chi connectivity index (χ0) is 12.1. The van der Waals surface area contributed by atoms with Gasteiger partial charge in [0.05, 0.1) is 0 Å². The van der Waals surface area contributed by atoms with Crippen LogP contribution >= 0.6 is 7.82 Å². The van der Waals surface area contributed by atoms with E-state index in [-0.39, 0.29) is 0 Å². The van der Waals surface area contributed by atoms with Gasteiger partial charge in [0.15, 0.2) is 12.6 Å². The zero-order valence-corrected chi connectivity index (χ0v) is 9.22. The topological polar surface area (TPSA) is 102 Å². The molecule has 0 rings (SSSR count). The van der Waals surface area contributed by atoms with Gasteiger partial charge >= 0.3 is 13.8 Å². The molecular formula is C7H13O7P. The molecule has 0 aromatic rings. The molecule has 0 radical (unpaired) electrons. The van der Waals surface area contributed by atoms with E-state index in [1.807, 2.05) is 0 Å². The van der Waals surface area contributed by atoms with Crippen molar-refractivity contribution in [3.05, 3.63) is 12.7 Å². The quantitative estimate of drug-likeness (QED) is 0.396. The van der Waals surface area contributed by atoms with Gasteiger partial charge in [-0.25, -0.2) is 18.4 Å². The molecule has 88 valence electrons. The van der Waals surface area contributed by atoms with Crippen molar-refractivity contribution in [3.8, 4) is 0 Å². The molecular weight excluding hydrogens is 227 g/mol. The van der Waals surface area contributed by atoms with Crippen molar-refractivity contribution in [1.82, 2.24) is 0 Å². The summed E-state index contributed by atoms with van der Waals surface area (Å²) in [7, 11) is -4.33. The molecule has 0 fully saturated rings. The van der Waals surface area contributed by atoms with E-state index in [0.717, 1.165) is 19.9 Å². The van der Waals surface area contributed by atoms with E-state index in [4.69, 9.17) is 10.2 Å². The van der Waals surface area contributed by atoms with Gasteiger partial charge in [-0.2, -0.15) is 0 Å². The number of phosphoric ester groups is 1. The minimum atomic E-state index is -4.33. The summed E-state index contributed by atoms with van der Waals surface area (Å²) in [5, 5.41) is 17.6. The minimum Gasteiger partial charge on any atom is -0.368 e. The van der Waals surface area contributed by atoms with Crippen LogP contribution in [0.15, 0.2) is 12.7 Å². The highest BCUT2D eigenvalue weighted by molar-refractivity contribution is 7.49. The maximum Gasteiger partial charge on any atom is 0.537 e. The number of rotatable bonds is 6. The molecule has 0 bridgehead atoms. The van der Waals surface area contributed by atoms with Crippen LogP contribution in [0.3, 0.4) is 0 Å². The van der Waals surface area contributed by atoms with Gasteiger partial charge in [0.25, 0.3) is 0 Å². The highest BCUT2D eigenvalue weighted by Crippen LogP contribution is 2.51. The minimum absolute atomic E-state index is 0.740. The lowest BCUT2D eigenvalue weighted by Crippen LogP contribution is -2.14. The van der Waals surface area contributed by atoms with Crippen LogP contribution in [0.25, 0.3) is 0 Å². The molecule has 0 aliphatic carbocycles. The van der Waals surface area contributed by atoms with E-state index in [1.54, 1.807) is 0 Å². The molecule has 0 aromatic carbocycles. The van der Waals surface area contributed by atoms with Crippen molar-refractivity contribution >= 4 is 13.8 Å². The maximum atomic E-state index is 11.5. The summed E-state index contributed by atoms with van der Waals surface area (Å²) in [6, 6.07) is 0. The summed E-state index contributed by atoms with van der Waals surface area (Å²) in [5.41, 5.74) is 0. The Morgan fingerprint density at radius 3 is 2.00 bits per heavy atom. The third-order valence-electron chi connectivity index (χ3n) is 0.932. The van der Waals surface area contributed by atoms with Crippen LogP contribution in [-0.2, 0) is 22.9 Å². The van der Waals surface area contributed by atoms with E-state index in [2.05, 4.69) is 20.2 Å². The Labute approximate surface area is 86.9 Å². The van der Waals surface area contributed by atoms with E-state index in [1.165, 1.54) is 0 Å². The van der Waals surface area contributed by atoms with Crippen molar-refractivity contribution < 1.29 is 33.1 Å². The highest BCUT2D eigenvalue weighted by atomic mass is 31.2. The van der Waals surface area contributed by atoms with Crippen LogP contribution < -0.4 is 0 Å². The van der Waals surface area contributed by atoms with Crippen LogP contribution in [0, 0.1) is 0 Å². The highest BCUT2D eigenvalue weighted by Gasteiger charge is 2.34. The van der Waals surface area contributed by atoms with Gasteiger partial charge in [-0.05, 0) is 13.8 Å². The molecule has 0 spiro atoms. The Morgan fingerprint density at radius 1 is 1.33 bits per heavy atom. The molecule has 2 N–H and O–H groups in total. The summed E-state index contributed by atoms with van der Waals surface area (Å²) in [5.74, 6) is -1.06. The average molecular weight is 240 g/mol.